The van der Waals surface area contributed by atoms with Crippen LogP contribution in [0, 0.1) is 6.92 Å². The molecule has 0 fully saturated rings. The standard InChI is InChI=1S/C25H33Cl2N3O4S/c1-5-22(25(32)28-6-2)29(17-19-10-7-8-11-21(19)27)24(31)12-9-15-30(35(4,33)34)23-16-20(26)14-13-18(23)3/h7-8,10-11,13-14,16,22H,5-6,9,12,15,17H2,1-4H3,(H,28,32). The van der Waals surface area contributed by atoms with Crippen LogP contribution >= 0.6 is 23.2 Å². The van der Waals surface area contributed by atoms with Crippen molar-refractivity contribution in [1.29, 1.82) is 0 Å². The first-order chi connectivity index (χ1) is 16.5. The molecule has 2 aromatic carbocycles. The molecule has 0 bridgehead atoms. The van der Waals surface area contributed by atoms with Gasteiger partial charge in [0, 0.05) is 36.1 Å². The Hall–Kier alpha value is -2.29. The summed E-state index contributed by atoms with van der Waals surface area (Å²) in [7, 11) is -3.60. The normalized spacial score (nSPS) is 12.2. The van der Waals surface area contributed by atoms with Crippen LogP contribution in [0.5, 0.6) is 0 Å². The maximum atomic E-state index is 13.4. The van der Waals surface area contributed by atoms with E-state index in [1.807, 2.05) is 26.0 Å². The molecule has 0 aliphatic heterocycles. The van der Waals surface area contributed by atoms with Gasteiger partial charge in [0.15, 0.2) is 0 Å². The van der Waals surface area contributed by atoms with Gasteiger partial charge >= 0.3 is 0 Å². The van der Waals surface area contributed by atoms with Crippen LogP contribution < -0.4 is 9.62 Å². The monoisotopic (exact) mass is 541 g/mol. The molecule has 0 aliphatic carbocycles. The molecular weight excluding hydrogens is 509 g/mol. The molecule has 0 saturated heterocycles. The Morgan fingerprint density at radius 1 is 1.09 bits per heavy atom. The van der Waals surface area contributed by atoms with Crippen LogP contribution in [0.25, 0.3) is 0 Å². The molecule has 192 valence electrons. The maximum Gasteiger partial charge on any atom is 0.242 e. The number of nitrogens with zero attached hydrogens (tertiary/aromatic N) is 2. The smallest absolute Gasteiger partial charge is 0.242 e. The van der Waals surface area contributed by atoms with E-state index in [2.05, 4.69) is 5.32 Å². The van der Waals surface area contributed by atoms with Crippen LogP contribution in [0.2, 0.25) is 10.0 Å². The lowest BCUT2D eigenvalue weighted by Crippen LogP contribution is -2.49. The van der Waals surface area contributed by atoms with Gasteiger partial charge in [-0.15, -0.1) is 0 Å². The van der Waals surface area contributed by atoms with Gasteiger partial charge in [0.1, 0.15) is 6.04 Å². The van der Waals surface area contributed by atoms with Crippen LogP contribution in [0.4, 0.5) is 5.69 Å². The third kappa shape index (κ3) is 8.12. The molecule has 0 aliphatic rings. The van der Waals surface area contributed by atoms with E-state index >= 15 is 0 Å². The number of carbonyl (C=O) groups excluding carboxylic acids is 2. The number of benzene rings is 2. The fraction of sp³-hybridized carbons (Fsp3) is 0.440. The summed E-state index contributed by atoms with van der Waals surface area (Å²) in [5.74, 6) is -0.484. The highest BCUT2D eigenvalue weighted by Crippen LogP contribution is 2.27. The molecule has 35 heavy (non-hydrogen) atoms. The minimum Gasteiger partial charge on any atom is -0.355 e. The predicted molar refractivity (Wildman–Crippen MR) is 142 cm³/mol. The van der Waals surface area contributed by atoms with Crippen molar-refractivity contribution >= 4 is 50.7 Å². The Morgan fingerprint density at radius 2 is 1.77 bits per heavy atom. The van der Waals surface area contributed by atoms with Gasteiger partial charge in [-0.1, -0.05) is 54.4 Å². The minimum atomic E-state index is -3.60. The number of likely N-dealkylation sites (N-methyl/N-ethyl adjacent to an activating group) is 1. The van der Waals surface area contributed by atoms with Crippen molar-refractivity contribution in [3.63, 3.8) is 0 Å². The molecule has 2 rings (SSSR count). The lowest BCUT2D eigenvalue weighted by molar-refractivity contribution is -0.141. The van der Waals surface area contributed by atoms with E-state index in [-0.39, 0.29) is 37.7 Å². The average molecular weight is 543 g/mol. The van der Waals surface area contributed by atoms with Crippen LogP contribution in [-0.2, 0) is 26.2 Å². The number of carbonyl (C=O) groups is 2. The maximum absolute atomic E-state index is 13.4. The van der Waals surface area contributed by atoms with Gasteiger partial charge in [-0.05, 0) is 56.0 Å². The summed E-state index contributed by atoms with van der Waals surface area (Å²) in [5, 5.41) is 3.73. The Morgan fingerprint density at radius 3 is 2.37 bits per heavy atom. The summed E-state index contributed by atoms with van der Waals surface area (Å²) in [4.78, 5) is 27.6. The first-order valence-electron chi connectivity index (χ1n) is 11.5. The highest BCUT2D eigenvalue weighted by Gasteiger charge is 2.29. The molecule has 0 saturated carbocycles. The fourth-order valence-corrected chi connectivity index (χ4v) is 5.23. The second-order valence-corrected chi connectivity index (χ2v) is 11.1. The Labute approximate surface area is 218 Å². The van der Waals surface area contributed by atoms with Gasteiger partial charge in [0.05, 0.1) is 11.9 Å². The molecule has 1 atom stereocenters. The topological polar surface area (TPSA) is 86.8 Å². The second-order valence-electron chi connectivity index (χ2n) is 8.30. The molecule has 2 amide bonds. The third-order valence-electron chi connectivity index (χ3n) is 5.63. The Balaban J connectivity index is 2.25. The van der Waals surface area contributed by atoms with Crippen molar-refractivity contribution in [2.24, 2.45) is 0 Å². The molecule has 0 heterocycles. The van der Waals surface area contributed by atoms with E-state index in [9.17, 15) is 18.0 Å². The van der Waals surface area contributed by atoms with Crippen molar-refractivity contribution in [2.45, 2.75) is 52.6 Å². The van der Waals surface area contributed by atoms with Gasteiger partial charge in [-0.25, -0.2) is 8.42 Å². The highest BCUT2D eigenvalue weighted by molar-refractivity contribution is 7.92. The Kier molecular flexibility index (Phi) is 10.9. The van der Waals surface area contributed by atoms with Crippen LogP contribution in [0.3, 0.4) is 0 Å². The van der Waals surface area contributed by atoms with E-state index < -0.39 is 16.1 Å². The molecule has 0 aromatic heterocycles. The number of hydrogen-bond acceptors (Lipinski definition) is 4. The average Bonchev–Trinajstić information content (AvgIpc) is 2.79. The zero-order valence-electron chi connectivity index (χ0n) is 20.6. The van der Waals surface area contributed by atoms with E-state index in [4.69, 9.17) is 23.2 Å². The number of sulfonamides is 1. The number of halogens is 2. The molecule has 10 heteroatoms. The number of anilines is 1. The highest BCUT2D eigenvalue weighted by atomic mass is 35.5. The summed E-state index contributed by atoms with van der Waals surface area (Å²) in [6.45, 7) is 6.20. The zero-order valence-corrected chi connectivity index (χ0v) is 22.9. The molecule has 2 aromatic rings. The van der Waals surface area contributed by atoms with Crippen LogP contribution in [0.15, 0.2) is 42.5 Å². The molecule has 0 spiro atoms. The van der Waals surface area contributed by atoms with E-state index in [0.717, 1.165) is 17.4 Å². The first-order valence-corrected chi connectivity index (χ1v) is 14.1. The number of aryl methyl sites for hydroxylation is 1. The van der Waals surface area contributed by atoms with Crippen molar-refractivity contribution in [3.8, 4) is 0 Å². The number of nitrogens with one attached hydrogen (secondary N) is 1. The minimum absolute atomic E-state index is 0.0615. The molecule has 1 N–H and O–H groups in total. The van der Waals surface area contributed by atoms with Crippen LogP contribution in [-0.4, -0.2) is 50.5 Å². The number of amides is 2. The first kappa shape index (κ1) is 28.9. The molecule has 0 radical (unpaired) electrons. The van der Waals surface area contributed by atoms with Gasteiger partial charge < -0.3 is 10.2 Å². The fourth-order valence-electron chi connectivity index (χ4n) is 3.86. The van der Waals surface area contributed by atoms with E-state index in [1.165, 1.54) is 9.21 Å². The van der Waals surface area contributed by atoms with Gasteiger partial charge in [0.25, 0.3) is 0 Å². The van der Waals surface area contributed by atoms with Gasteiger partial charge in [-0.3, -0.25) is 13.9 Å². The second kappa shape index (κ2) is 13.1. The summed E-state index contributed by atoms with van der Waals surface area (Å²) >= 11 is 12.4. The lowest BCUT2D eigenvalue weighted by Gasteiger charge is -2.31. The van der Waals surface area contributed by atoms with Crippen LogP contribution in [0.1, 0.15) is 44.2 Å². The lowest BCUT2D eigenvalue weighted by atomic mass is 10.1. The van der Waals surface area contributed by atoms with Gasteiger partial charge in [-0.2, -0.15) is 0 Å². The van der Waals surface area contributed by atoms with Crippen molar-refractivity contribution in [3.05, 3.63) is 63.6 Å². The quantitative estimate of drug-likeness (QED) is 0.418. The zero-order chi connectivity index (χ0) is 26.2. The summed E-state index contributed by atoms with van der Waals surface area (Å²) in [5.41, 5.74) is 1.97. The van der Waals surface area contributed by atoms with E-state index in [0.29, 0.717) is 28.7 Å². The molecule has 1 unspecified atom stereocenters. The Bertz CT molecular complexity index is 1140. The summed E-state index contributed by atoms with van der Waals surface area (Å²) < 4.78 is 26.3. The largest absolute Gasteiger partial charge is 0.355 e. The molecular formula is C25H33Cl2N3O4S. The predicted octanol–water partition coefficient (Wildman–Crippen LogP) is 4.79. The third-order valence-corrected chi connectivity index (χ3v) is 7.41. The van der Waals surface area contributed by atoms with Crippen molar-refractivity contribution in [1.82, 2.24) is 10.2 Å². The van der Waals surface area contributed by atoms with Gasteiger partial charge in [0.2, 0.25) is 21.8 Å². The molecule has 7 nitrogen and oxygen atoms in total. The van der Waals surface area contributed by atoms with Crippen molar-refractivity contribution < 1.29 is 18.0 Å². The summed E-state index contributed by atoms with van der Waals surface area (Å²) in [6.07, 6.45) is 1.88. The summed E-state index contributed by atoms with van der Waals surface area (Å²) in [6, 6.07) is 11.6. The SMILES string of the molecule is CCNC(=O)C(CC)N(Cc1ccccc1Cl)C(=O)CCCN(c1cc(Cl)ccc1C)S(C)(=O)=O. The van der Waals surface area contributed by atoms with E-state index in [1.54, 1.807) is 37.3 Å². The number of rotatable bonds is 12. The number of hydrogen-bond donors (Lipinski definition) is 1. The van der Waals surface area contributed by atoms with Crippen molar-refractivity contribution in [2.75, 3.05) is 23.7 Å².